The molecule has 1 atom stereocenters. The Morgan fingerprint density at radius 3 is 2.44 bits per heavy atom. The first-order chi connectivity index (χ1) is 7.26. The molecular formula is C10H20N2O3S. The van der Waals surface area contributed by atoms with Gasteiger partial charge in [0, 0.05) is 12.0 Å². The molecule has 0 rings (SSSR count). The summed E-state index contributed by atoms with van der Waals surface area (Å²) in [6.07, 6.45) is 2.44. The molecule has 16 heavy (non-hydrogen) atoms. The summed E-state index contributed by atoms with van der Waals surface area (Å²) in [6, 6.07) is -0.817. The molecule has 0 aromatic carbocycles. The summed E-state index contributed by atoms with van der Waals surface area (Å²) in [7, 11) is 0. The fraction of sp³-hybridized carbons (Fsp3) is 0.800. The van der Waals surface area contributed by atoms with Gasteiger partial charge < -0.3 is 16.2 Å². The molecule has 94 valence electrons. The predicted molar refractivity (Wildman–Crippen MR) is 65.4 cm³/mol. The first kappa shape index (κ1) is 15.2. The SMILES string of the molecule is CSCC[C@H](NC(=O)CC(C)(C)N)C(=O)O. The number of hydrogen-bond acceptors (Lipinski definition) is 4. The first-order valence-corrected chi connectivity index (χ1v) is 6.45. The zero-order chi connectivity index (χ0) is 12.8. The van der Waals surface area contributed by atoms with Crippen molar-refractivity contribution >= 4 is 23.6 Å². The number of rotatable bonds is 7. The molecule has 1 amide bonds. The van der Waals surface area contributed by atoms with E-state index in [9.17, 15) is 9.59 Å². The molecule has 0 aliphatic heterocycles. The second-order valence-electron chi connectivity index (χ2n) is 4.41. The molecule has 4 N–H and O–H groups in total. The van der Waals surface area contributed by atoms with Gasteiger partial charge >= 0.3 is 5.97 Å². The van der Waals surface area contributed by atoms with Crippen LogP contribution < -0.4 is 11.1 Å². The highest BCUT2D eigenvalue weighted by Gasteiger charge is 2.22. The molecular weight excluding hydrogens is 228 g/mol. The minimum atomic E-state index is -1.00. The fourth-order valence-corrected chi connectivity index (χ4v) is 1.62. The van der Waals surface area contributed by atoms with Crippen molar-refractivity contribution in [1.29, 1.82) is 0 Å². The van der Waals surface area contributed by atoms with Gasteiger partial charge in [-0.3, -0.25) is 4.79 Å². The monoisotopic (exact) mass is 248 g/mol. The van der Waals surface area contributed by atoms with Gasteiger partial charge in [0.05, 0.1) is 0 Å². The van der Waals surface area contributed by atoms with Gasteiger partial charge in [-0.1, -0.05) is 0 Å². The van der Waals surface area contributed by atoms with Crippen LogP contribution in [0.3, 0.4) is 0 Å². The molecule has 0 spiro atoms. The summed E-state index contributed by atoms with van der Waals surface area (Å²) in [6.45, 7) is 3.45. The van der Waals surface area contributed by atoms with Crippen molar-refractivity contribution in [2.24, 2.45) is 5.73 Å². The maximum absolute atomic E-state index is 11.5. The summed E-state index contributed by atoms with van der Waals surface area (Å²) < 4.78 is 0. The number of carbonyl (C=O) groups is 2. The Balaban J connectivity index is 4.19. The maximum Gasteiger partial charge on any atom is 0.326 e. The van der Waals surface area contributed by atoms with E-state index in [0.29, 0.717) is 12.2 Å². The van der Waals surface area contributed by atoms with E-state index in [-0.39, 0.29) is 12.3 Å². The van der Waals surface area contributed by atoms with Crippen molar-refractivity contribution < 1.29 is 14.7 Å². The lowest BCUT2D eigenvalue weighted by Gasteiger charge is -2.20. The van der Waals surface area contributed by atoms with Gasteiger partial charge in [0.1, 0.15) is 6.04 Å². The van der Waals surface area contributed by atoms with Gasteiger partial charge in [-0.05, 0) is 32.3 Å². The minimum Gasteiger partial charge on any atom is -0.480 e. The van der Waals surface area contributed by atoms with Crippen LogP contribution in [0.4, 0.5) is 0 Å². The van der Waals surface area contributed by atoms with E-state index in [1.165, 1.54) is 0 Å². The van der Waals surface area contributed by atoms with Crippen LogP contribution in [0.15, 0.2) is 0 Å². The molecule has 0 aliphatic rings. The largest absolute Gasteiger partial charge is 0.480 e. The summed E-state index contributed by atoms with van der Waals surface area (Å²) in [5, 5.41) is 11.4. The lowest BCUT2D eigenvalue weighted by atomic mass is 10.0. The number of carboxylic acid groups (broad SMARTS) is 1. The molecule has 0 aliphatic carbocycles. The average Bonchev–Trinajstić information content (AvgIpc) is 2.08. The third kappa shape index (κ3) is 7.53. The Morgan fingerprint density at radius 1 is 1.50 bits per heavy atom. The second-order valence-corrected chi connectivity index (χ2v) is 5.39. The third-order valence-electron chi connectivity index (χ3n) is 1.86. The third-order valence-corrected chi connectivity index (χ3v) is 2.50. The van der Waals surface area contributed by atoms with Gasteiger partial charge in [0.2, 0.25) is 5.91 Å². The molecule has 0 aromatic rings. The van der Waals surface area contributed by atoms with Crippen molar-refractivity contribution in [3.05, 3.63) is 0 Å². The van der Waals surface area contributed by atoms with E-state index < -0.39 is 17.6 Å². The van der Waals surface area contributed by atoms with Crippen molar-refractivity contribution in [3.63, 3.8) is 0 Å². The molecule has 0 unspecified atom stereocenters. The van der Waals surface area contributed by atoms with Crippen LogP contribution in [0.25, 0.3) is 0 Å². The zero-order valence-electron chi connectivity index (χ0n) is 9.95. The van der Waals surface area contributed by atoms with Crippen LogP contribution in [0.2, 0.25) is 0 Å². The van der Waals surface area contributed by atoms with E-state index >= 15 is 0 Å². The van der Waals surface area contributed by atoms with Gasteiger partial charge in [-0.15, -0.1) is 0 Å². The standard InChI is InChI=1S/C10H20N2O3S/c1-10(2,11)6-8(13)12-7(9(14)15)4-5-16-3/h7H,4-6,11H2,1-3H3,(H,12,13)(H,14,15)/t7-/m0/s1. The van der Waals surface area contributed by atoms with Crippen LogP contribution in [-0.2, 0) is 9.59 Å². The molecule has 0 heterocycles. The quantitative estimate of drug-likeness (QED) is 0.608. The highest BCUT2D eigenvalue weighted by atomic mass is 32.2. The number of hydrogen-bond donors (Lipinski definition) is 3. The van der Waals surface area contributed by atoms with Gasteiger partial charge in [-0.25, -0.2) is 4.79 Å². The van der Waals surface area contributed by atoms with Crippen molar-refractivity contribution in [2.75, 3.05) is 12.0 Å². The van der Waals surface area contributed by atoms with E-state index in [1.807, 2.05) is 6.26 Å². The van der Waals surface area contributed by atoms with Crippen LogP contribution in [-0.4, -0.2) is 40.6 Å². The van der Waals surface area contributed by atoms with Gasteiger partial charge in [0.15, 0.2) is 0 Å². The molecule has 0 aromatic heterocycles. The van der Waals surface area contributed by atoms with Gasteiger partial charge in [0.25, 0.3) is 0 Å². The molecule has 6 heteroatoms. The summed E-state index contributed by atoms with van der Waals surface area (Å²) in [5.74, 6) is -0.623. The predicted octanol–water partition coefficient (Wildman–Crippen LogP) is 0.436. The summed E-state index contributed by atoms with van der Waals surface area (Å²) in [4.78, 5) is 22.3. The Labute approximate surface area is 100 Å². The van der Waals surface area contributed by atoms with E-state index in [2.05, 4.69) is 5.32 Å². The topological polar surface area (TPSA) is 92.4 Å². The highest BCUT2D eigenvalue weighted by Crippen LogP contribution is 2.05. The number of nitrogens with one attached hydrogen (secondary N) is 1. The number of aliphatic carboxylic acids is 1. The lowest BCUT2D eigenvalue weighted by Crippen LogP contribution is -2.45. The molecule has 0 radical (unpaired) electrons. The molecule has 0 saturated heterocycles. The van der Waals surface area contributed by atoms with Gasteiger partial charge in [-0.2, -0.15) is 11.8 Å². The highest BCUT2D eigenvalue weighted by molar-refractivity contribution is 7.98. The van der Waals surface area contributed by atoms with Crippen molar-refractivity contribution in [3.8, 4) is 0 Å². The maximum atomic E-state index is 11.5. The number of thioether (sulfide) groups is 1. The van der Waals surface area contributed by atoms with E-state index in [1.54, 1.807) is 25.6 Å². The molecule has 0 saturated carbocycles. The van der Waals surface area contributed by atoms with Crippen molar-refractivity contribution in [1.82, 2.24) is 5.32 Å². The number of nitrogens with two attached hydrogens (primary N) is 1. The van der Waals surface area contributed by atoms with Crippen LogP contribution in [0.1, 0.15) is 26.7 Å². The minimum absolute atomic E-state index is 0.121. The molecule has 0 bridgehead atoms. The number of carbonyl (C=O) groups excluding carboxylic acids is 1. The Hall–Kier alpha value is -0.750. The normalized spacial score (nSPS) is 13.2. The summed E-state index contributed by atoms with van der Waals surface area (Å²) >= 11 is 1.55. The van der Waals surface area contributed by atoms with Crippen molar-refractivity contribution in [2.45, 2.75) is 38.3 Å². The smallest absolute Gasteiger partial charge is 0.326 e. The average molecular weight is 248 g/mol. The first-order valence-electron chi connectivity index (χ1n) is 5.06. The Kier molecular flexibility index (Phi) is 6.43. The number of carboxylic acids is 1. The zero-order valence-corrected chi connectivity index (χ0v) is 10.8. The lowest BCUT2D eigenvalue weighted by molar-refractivity contribution is -0.142. The Bertz CT molecular complexity index is 251. The van der Waals surface area contributed by atoms with E-state index in [0.717, 1.165) is 0 Å². The van der Waals surface area contributed by atoms with Crippen LogP contribution in [0.5, 0.6) is 0 Å². The summed E-state index contributed by atoms with van der Waals surface area (Å²) in [5.41, 5.74) is 5.06. The molecule has 0 fully saturated rings. The molecule has 5 nitrogen and oxygen atoms in total. The van der Waals surface area contributed by atoms with Crippen LogP contribution >= 0.6 is 11.8 Å². The number of amides is 1. The fourth-order valence-electron chi connectivity index (χ4n) is 1.15. The van der Waals surface area contributed by atoms with Crippen LogP contribution in [0, 0.1) is 0 Å². The second kappa shape index (κ2) is 6.75. The van der Waals surface area contributed by atoms with E-state index in [4.69, 9.17) is 10.8 Å². The Morgan fingerprint density at radius 2 is 2.06 bits per heavy atom.